The predicted octanol–water partition coefficient (Wildman–Crippen LogP) is 3.55. The zero-order valence-electron chi connectivity index (χ0n) is 13.6. The average molecular weight is 443 g/mol. The normalized spacial score (nSPS) is 25.4. The lowest BCUT2D eigenvalue weighted by Gasteiger charge is -2.45. The highest BCUT2D eigenvalue weighted by Gasteiger charge is 2.66. The van der Waals surface area contributed by atoms with Gasteiger partial charge in [-0.15, -0.1) is 0 Å². The molecular formula is C18H14BrF3N2O3. The molecule has 2 amide bonds. The van der Waals surface area contributed by atoms with Crippen molar-refractivity contribution in [1.82, 2.24) is 10.6 Å². The van der Waals surface area contributed by atoms with Gasteiger partial charge < -0.3 is 15.7 Å². The zero-order valence-corrected chi connectivity index (χ0v) is 15.2. The first-order valence-corrected chi connectivity index (χ1v) is 8.65. The Balaban J connectivity index is 2.17. The third kappa shape index (κ3) is 3.57. The molecule has 0 unspecified atom stereocenters. The van der Waals surface area contributed by atoms with Gasteiger partial charge in [-0.3, -0.25) is 4.79 Å². The van der Waals surface area contributed by atoms with E-state index in [0.29, 0.717) is 4.47 Å². The highest BCUT2D eigenvalue weighted by molar-refractivity contribution is 9.10. The van der Waals surface area contributed by atoms with Crippen LogP contribution in [0.3, 0.4) is 0 Å². The standard InChI is InChI=1S/C18H14BrF3N2O3/c19-12-8-4-7-11(9-12)14-13(15(25)10-5-2-1-3-6-10)17(27,18(20,21)22)24-16(26)23-14/h1-9,13-14,27H,(H2,23,24,26)/t13-,14-,17-/m0/s1. The zero-order chi connectivity index (χ0) is 19.8. The van der Waals surface area contributed by atoms with Crippen molar-refractivity contribution in [2.45, 2.75) is 17.9 Å². The van der Waals surface area contributed by atoms with Gasteiger partial charge in [0, 0.05) is 10.0 Å². The fourth-order valence-electron chi connectivity index (χ4n) is 3.10. The molecule has 3 N–H and O–H groups in total. The minimum Gasteiger partial charge on any atom is -0.363 e. The lowest BCUT2D eigenvalue weighted by atomic mass is 9.77. The van der Waals surface area contributed by atoms with Gasteiger partial charge in [-0.2, -0.15) is 13.2 Å². The van der Waals surface area contributed by atoms with E-state index >= 15 is 0 Å². The van der Waals surface area contributed by atoms with Crippen molar-refractivity contribution in [2.75, 3.05) is 0 Å². The van der Waals surface area contributed by atoms with Gasteiger partial charge in [0.25, 0.3) is 0 Å². The Bertz CT molecular complexity index is 876. The van der Waals surface area contributed by atoms with Gasteiger partial charge in [-0.05, 0) is 17.7 Å². The lowest BCUT2D eigenvalue weighted by Crippen LogP contribution is -2.72. The molecule has 1 aliphatic rings. The molecule has 1 aliphatic heterocycles. The van der Waals surface area contributed by atoms with Crippen molar-refractivity contribution in [2.24, 2.45) is 5.92 Å². The molecule has 0 aromatic heterocycles. The van der Waals surface area contributed by atoms with E-state index in [0.717, 1.165) is 0 Å². The van der Waals surface area contributed by atoms with E-state index in [1.165, 1.54) is 41.7 Å². The maximum Gasteiger partial charge on any atom is 0.437 e. The van der Waals surface area contributed by atoms with E-state index in [1.807, 2.05) is 0 Å². The first-order valence-electron chi connectivity index (χ1n) is 7.86. The van der Waals surface area contributed by atoms with Crippen LogP contribution in [0.25, 0.3) is 0 Å². The Morgan fingerprint density at radius 2 is 1.78 bits per heavy atom. The van der Waals surface area contributed by atoms with E-state index in [-0.39, 0.29) is 11.1 Å². The second-order valence-electron chi connectivity index (χ2n) is 6.10. The van der Waals surface area contributed by atoms with Gasteiger partial charge in [0.05, 0.1) is 6.04 Å². The summed E-state index contributed by atoms with van der Waals surface area (Å²) in [4.78, 5) is 24.9. The molecule has 0 saturated carbocycles. The van der Waals surface area contributed by atoms with Gasteiger partial charge in [0.1, 0.15) is 5.92 Å². The van der Waals surface area contributed by atoms with Crippen LogP contribution in [0.1, 0.15) is 22.0 Å². The fourth-order valence-corrected chi connectivity index (χ4v) is 3.52. The molecule has 0 radical (unpaired) electrons. The first kappa shape index (κ1) is 19.4. The van der Waals surface area contributed by atoms with Crippen LogP contribution in [0.4, 0.5) is 18.0 Å². The number of ketones is 1. The minimum atomic E-state index is -5.27. The highest BCUT2D eigenvalue weighted by Crippen LogP contribution is 2.44. The average Bonchev–Trinajstić information content (AvgIpc) is 2.60. The maximum atomic E-state index is 13.7. The molecule has 1 fully saturated rings. The van der Waals surface area contributed by atoms with Crippen LogP contribution in [-0.2, 0) is 0 Å². The van der Waals surface area contributed by atoms with Crippen LogP contribution in [0.5, 0.6) is 0 Å². The molecule has 0 spiro atoms. The summed E-state index contributed by atoms with van der Waals surface area (Å²) in [5, 5.41) is 14.3. The summed E-state index contributed by atoms with van der Waals surface area (Å²) in [5.74, 6) is -2.99. The molecule has 142 valence electrons. The van der Waals surface area contributed by atoms with Crippen molar-refractivity contribution < 1.29 is 27.9 Å². The smallest absolute Gasteiger partial charge is 0.363 e. The van der Waals surface area contributed by atoms with E-state index in [4.69, 9.17) is 0 Å². The maximum absolute atomic E-state index is 13.7. The number of aliphatic hydroxyl groups is 1. The molecule has 2 aromatic rings. The molecular weight excluding hydrogens is 429 g/mol. The number of carbonyl (C=O) groups is 2. The molecule has 2 aromatic carbocycles. The Kier molecular flexibility index (Phi) is 5.00. The van der Waals surface area contributed by atoms with Crippen molar-refractivity contribution in [3.63, 3.8) is 0 Å². The number of hydrogen-bond donors (Lipinski definition) is 3. The topological polar surface area (TPSA) is 78.4 Å². The highest BCUT2D eigenvalue weighted by atomic mass is 79.9. The van der Waals surface area contributed by atoms with Crippen LogP contribution < -0.4 is 10.6 Å². The Hall–Kier alpha value is -2.39. The molecule has 5 nitrogen and oxygen atoms in total. The number of benzene rings is 2. The summed E-state index contributed by atoms with van der Waals surface area (Å²) in [7, 11) is 0. The number of carbonyl (C=O) groups excluding carboxylic acids is 2. The third-order valence-electron chi connectivity index (χ3n) is 4.35. The fraction of sp³-hybridized carbons (Fsp3) is 0.222. The minimum absolute atomic E-state index is 0.0110. The van der Waals surface area contributed by atoms with Crippen LogP contribution in [0.2, 0.25) is 0 Å². The summed E-state index contributed by atoms with van der Waals surface area (Å²) < 4.78 is 41.8. The lowest BCUT2D eigenvalue weighted by molar-refractivity contribution is -0.287. The van der Waals surface area contributed by atoms with Gasteiger partial charge in [0.2, 0.25) is 5.72 Å². The summed E-state index contributed by atoms with van der Waals surface area (Å²) in [6, 6.07) is 10.9. The quantitative estimate of drug-likeness (QED) is 0.636. The van der Waals surface area contributed by atoms with Gasteiger partial charge in [-0.1, -0.05) is 58.4 Å². The second-order valence-corrected chi connectivity index (χ2v) is 7.02. The largest absolute Gasteiger partial charge is 0.437 e. The number of hydrogen-bond acceptors (Lipinski definition) is 3. The summed E-state index contributed by atoms with van der Waals surface area (Å²) >= 11 is 3.22. The Morgan fingerprint density at radius 3 is 2.37 bits per heavy atom. The molecule has 3 rings (SSSR count). The van der Waals surface area contributed by atoms with Crippen molar-refractivity contribution in [1.29, 1.82) is 0 Å². The molecule has 0 bridgehead atoms. The van der Waals surface area contributed by atoms with E-state index < -0.39 is 35.7 Å². The summed E-state index contributed by atoms with van der Waals surface area (Å²) in [5.41, 5.74) is -3.49. The SMILES string of the molecule is O=C1N[C@@H](c2cccc(Br)c2)[C@@H](C(=O)c2ccccc2)[C@](O)(C(F)(F)F)N1. The molecule has 9 heteroatoms. The van der Waals surface area contributed by atoms with Crippen LogP contribution in [0.15, 0.2) is 59.1 Å². The molecule has 27 heavy (non-hydrogen) atoms. The van der Waals surface area contributed by atoms with Crippen LogP contribution >= 0.6 is 15.9 Å². The number of amides is 2. The third-order valence-corrected chi connectivity index (χ3v) is 4.85. The van der Waals surface area contributed by atoms with E-state index in [9.17, 15) is 27.9 Å². The Morgan fingerprint density at radius 1 is 1.11 bits per heavy atom. The number of halogens is 4. The van der Waals surface area contributed by atoms with Gasteiger partial charge in [0.15, 0.2) is 5.78 Å². The van der Waals surface area contributed by atoms with Gasteiger partial charge >= 0.3 is 12.2 Å². The molecule has 0 aliphatic carbocycles. The number of Topliss-reactive ketones (excluding diaryl/α,β-unsaturated/α-hetero) is 1. The molecule has 1 saturated heterocycles. The van der Waals surface area contributed by atoms with Crippen LogP contribution in [0, 0.1) is 5.92 Å². The monoisotopic (exact) mass is 442 g/mol. The van der Waals surface area contributed by atoms with Gasteiger partial charge in [-0.25, -0.2) is 4.79 Å². The predicted molar refractivity (Wildman–Crippen MR) is 93.8 cm³/mol. The second kappa shape index (κ2) is 6.97. The van der Waals surface area contributed by atoms with Crippen molar-refractivity contribution in [3.8, 4) is 0 Å². The molecule has 1 heterocycles. The van der Waals surface area contributed by atoms with E-state index in [2.05, 4.69) is 21.2 Å². The summed E-state index contributed by atoms with van der Waals surface area (Å²) in [6.45, 7) is 0. The summed E-state index contributed by atoms with van der Waals surface area (Å²) in [6.07, 6.45) is -5.27. The van der Waals surface area contributed by atoms with E-state index in [1.54, 1.807) is 18.2 Å². The Labute approximate surface area is 160 Å². The number of rotatable bonds is 3. The number of urea groups is 1. The first-order chi connectivity index (χ1) is 12.6. The van der Waals surface area contributed by atoms with Crippen LogP contribution in [-0.4, -0.2) is 28.8 Å². The van der Waals surface area contributed by atoms with Crippen molar-refractivity contribution >= 4 is 27.7 Å². The number of nitrogens with one attached hydrogen (secondary N) is 2. The molecule has 3 atom stereocenters. The van der Waals surface area contributed by atoms with Crippen molar-refractivity contribution in [3.05, 3.63) is 70.2 Å². The number of alkyl halides is 3.